The third-order valence-corrected chi connectivity index (χ3v) is 3.27. The summed E-state index contributed by atoms with van der Waals surface area (Å²) >= 11 is 0. The van der Waals surface area contributed by atoms with E-state index in [2.05, 4.69) is 11.8 Å². The van der Waals surface area contributed by atoms with E-state index in [1.54, 1.807) is 0 Å². The number of hydrogen-bond acceptors (Lipinski definition) is 3. The summed E-state index contributed by atoms with van der Waals surface area (Å²) < 4.78 is 21.3. The maximum absolute atomic E-state index is 10.6. The van der Waals surface area contributed by atoms with Crippen molar-refractivity contribution in [2.75, 3.05) is 25.4 Å². The van der Waals surface area contributed by atoms with Crippen molar-refractivity contribution in [3.8, 4) is 0 Å². The van der Waals surface area contributed by atoms with Gasteiger partial charge in [0.05, 0.1) is 5.75 Å². The highest BCUT2D eigenvalue weighted by molar-refractivity contribution is 7.89. The second-order valence-electron chi connectivity index (χ2n) is 3.91. The average Bonchev–Trinajstić information content (AvgIpc) is 2.33. The van der Waals surface area contributed by atoms with Gasteiger partial charge in [-0.3, -0.25) is 0 Å². The lowest BCUT2D eigenvalue weighted by Crippen LogP contribution is -2.25. The Morgan fingerprint density at radius 1 is 1.54 bits per heavy atom. The van der Waals surface area contributed by atoms with Gasteiger partial charge >= 0.3 is 0 Å². The minimum atomic E-state index is -3.26. The first kappa shape index (κ1) is 10.9. The predicted octanol–water partition coefficient (Wildman–Crippen LogP) is 0.00680. The molecule has 1 rings (SSSR count). The fourth-order valence-corrected chi connectivity index (χ4v) is 2.25. The summed E-state index contributed by atoms with van der Waals surface area (Å²) in [6.07, 6.45) is 1.89. The van der Waals surface area contributed by atoms with Gasteiger partial charge in [0.1, 0.15) is 0 Å². The molecule has 4 nitrogen and oxygen atoms in total. The molecular weight excluding hydrogens is 188 g/mol. The molecule has 13 heavy (non-hydrogen) atoms. The molecular formula is C8H18N2O2S. The Balaban J connectivity index is 2.14. The lowest BCUT2D eigenvalue weighted by molar-refractivity contribution is 0.329. The van der Waals surface area contributed by atoms with Crippen LogP contribution >= 0.6 is 0 Å². The van der Waals surface area contributed by atoms with Crippen molar-refractivity contribution in [1.29, 1.82) is 0 Å². The molecule has 0 amide bonds. The van der Waals surface area contributed by atoms with E-state index in [0.717, 1.165) is 25.6 Å². The van der Waals surface area contributed by atoms with Crippen molar-refractivity contribution in [3.05, 3.63) is 0 Å². The van der Waals surface area contributed by atoms with Gasteiger partial charge in [-0.2, -0.15) is 0 Å². The van der Waals surface area contributed by atoms with Crippen LogP contribution in [0.2, 0.25) is 0 Å². The maximum atomic E-state index is 10.6. The largest absolute Gasteiger partial charge is 0.303 e. The first-order valence-corrected chi connectivity index (χ1v) is 6.42. The number of nitrogens with two attached hydrogens (primary N) is 1. The van der Waals surface area contributed by atoms with Gasteiger partial charge in [-0.15, -0.1) is 0 Å². The van der Waals surface area contributed by atoms with Gasteiger partial charge in [0.25, 0.3) is 0 Å². The highest BCUT2D eigenvalue weighted by Gasteiger charge is 2.18. The SMILES string of the molecule is CC1CCN(CCCS(N)(=O)=O)C1. The molecule has 2 N–H and O–H groups in total. The quantitative estimate of drug-likeness (QED) is 0.704. The molecule has 1 unspecified atom stereocenters. The fourth-order valence-electron chi connectivity index (χ4n) is 1.72. The summed E-state index contributed by atoms with van der Waals surface area (Å²) in [7, 11) is -3.26. The third kappa shape index (κ3) is 4.59. The summed E-state index contributed by atoms with van der Waals surface area (Å²) in [5, 5.41) is 4.90. The Labute approximate surface area is 80.1 Å². The lowest BCUT2D eigenvalue weighted by atomic mass is 10.2. The van der Waals surface area contributed by atoms with E-state index in [9.17, 15) is 8.42 Å². The number of rotatable bonds is 4. The van der Waals surface area contributed by atoms with E-state index in [0.29, 0.717) is 6.42 Å². The first-order valence-electron chi connectivity index (χ1n) is 4.70. The van der Waals surface area contributed by atoms with Crippen molar-refractivity contribution in [2.24, 2.45) is 11.1 Å². The molecule has 1 aliphatic heterocycles. The minimum absolute atomic E-state index is 0.109. The van der Waals surface area contributed by atoms with Gasteiger partial charge in [0.2, 0.25) is 10.0 Å². The number of primary sulfonamides is 1. The van der Waals surface area contributed by atoms with Crippen molar-refractivity contribution < 1.29 is 8.42 Å². The van der Waals surface area contributed by atoms with Crippen molar-refractivity contribution in [2.45, 2.75) is 19.8 Å². The molecule has 0 radical (unpaired) electrons. The second kappa shape index (κ2) is 4.39. The topological polar surface area (TPSA) is 63.4 Å². The Kier molecular flexibility index (Phi) is 3.70. The number of nitrogens with zero attached hydrogens (tertiary/aromatic N) is 1. The highest BCUT2D eigenvalue weighted by Crippen LogP contribution is 2.14. The van der Waals surface area contributed by atoms with E-state index >= 15 is 0 Å². The second-order valence-corrected chi connectivity index (χ2v) is 5.65. The molecule has 1 aliphatic rings. The smallest absolute Gasteiger partial charge is 0.209 e. The van der Waals surface area contributed by atoms with Crippen LogP contribution in [0.1, 0.15) is 19.8 Å². The first-order chi connectivity index (χ1) is 5.97. The molecule has 78 valence electrons. The molecule has 1 atom stereocenters. The third-order valence-electron chi connectivity index (χ3n) is 2.41. The molecule has 0 spiro atoms. The van der Waals surface area contributed by atoms with E-state index in [-0.39, 0.29) is 5.75 Å². The zero-order chi connectivity index (χ0) is 9.90. The molecule has 1 fully saturated rings. The number of hydrogen-bond donors (Lipinski definition) is 1. The van der Waals surface area contributed by atoms with E-state index < -0.39 is 10.0 Å². The zero-order valence-electron chi connectivity index (χ0n) is 8.07. The molecule has 1 saturated heterocycles. The monoisotopic (exact) mass is 206 g/mol. The Hall–Kier alpha value is -0.130. The maximum Gasteiger partial charge on any atom is 0.209 e. The zero-order valence-corrected chi connectivity index (χ0v) is 8.89. The molecule has 0 saturated carbocycles. The van der Waals surface area contributed by atoms with Gasteiger partial charge < -0.3 is 4.90 Å². The van der Waals surface area contributed by atoms with E-state index in [4.69, 9.17) is 5.14 Å². The summed E-state index contributed by atoms with van der Waals surface area (Å²) in [5.74, 6) is 0.868. The van der Waals surface area contributed by atoms with Gasteiger partial charge in [-0.05, 0) is 31.8 Å². The summed E-state index contributed by atoms with van der Waals surface area (Å²) in [4.78, 5) is 2.30. The van der Waals surface area contributed by atoms with Crippen LogP contribution < -0.4 is 5.14 Å². The van der Waals surface area contributed by atoms with Crippen LogP contribution in [-0.4, -0.2) is 38.7 Å². The lowest BCUT2D eigenvalue weighted by Gasteiger charge is -2.13. The fraction of sp³-hybridized carbons (Fsp3) is 1.00. The summed E-state index contributed by atoms with van der Waals surface area (Å²) in [6.45, 7) is 5.29. The van der Waals surface area contributed by atoms with Crippen LogP contribution in [0.25, 0.3) is 0 Å². The molecule has 0 bridgehead atoms. The molecule has 0 aromatic heterocycles. The van der Waals surface area contributed by atoms with Gasteiger partial charge in [-0.1, -0.05) is 6.92 Å². The van der Waals surface area contributed by atoms with Crippen LogP contribution in [0, 0.1) is 5.92 Å². The van der Waals surface area contributed by atoms with Gasteiger partial charge in [0.15, 0.2) is 0 Å². The Bertz CT molecular complexity index is 251. The van der Waals surface area contributed by atoms with Crippen LogP contribution in [0.4, 0.5) is 0 Å². The highest BCUT2D eigenvalue weighted by atomic mass is 32.2. The van der Waals surface area contributed by atoms with Crippen LogP contribution in [0.5, 0.6) is 0 Å². The van der Waals surface area contributed by atoms with Crippen LogP contribution in [0.15, 0.2) is 0 Å². The number of likely N-dealkylation sites (tertiary alicyclic amines) is 1. The van der Waals surface area contributed by atoms with E-state index in [1.165, 1.54) is 6.42 Å². The number of sulfonamides is 1. The van der Waals surface area contributed by atoms with Gasteiger partial charge in [0, 0.05) is 6.54 Å². The normalized spacial score (nSPS) is 25.2. The van der Waals surface area contributed by atoms with Crippen LogP contribution in [0.3, 0.4) is 0 Å². The predicted molar refractivity (Wildman–Crippen MR) is 52.8 cm³/mol. The van der Waals surface area contributed by atoms with Gasteiger partial charge in [-0.25, -0.2) is 13.6 Å². The Morgan fingerprint density at radius 3 is 2.69 bits per heavy atom. The molecule has 5 heteroatoms. The molecule has 0 aliphatic carbocycles. The average molecular weight is 206 g/mol. The van der Waals surface area contributed by atoms with Crippen molar-refractivity contribution >= 4 is 10.0 Å². The molecule has 0 aromatic rings. The van der Waals surface area contributed by atoms with E-state index in [1.807, 2.05) is 0 Å². The summed E-state index contributed by atoms with van der Waals surface area (Å²) in [5.41, 5.74) is 0. The standard InChI is InChI=1S/C8H18N2O2S/c1-8-3-5-10(7-8)4-2-6-13(9,11)12/h8H,2-7H2,1H3,(H2,9,11,12). The summed E-state index contributed by atoms with van der Waals surface area (Å²) in [6, 6.07) is 0. The Morgan fingerprint density at radius 2 is 2.23 bits per heavy atom. The molecule has 1 heterocycles. The van der Waals surface area contributed by atoms with Crippen molar-refractivity contribution in [1.82, 2.24) is 4.90 Å². The molecule has 0 aromatic carbocycles. The minimum Gasteiger partial charge on any atom is -0.303 e. The van der Waals surface area contributed by atoms with Crippen molar-refractivity contribution in [3.63, 3.8) is 0 Å². The van der Waals surface area contributed by atoms with Crippen LogP contribution in [-0.2, 0) is 10.0 Å².